The lowest BCUT2D eigenvalue weighted by Gasteiger charge is -2.32. The maximum Gasteiger partial charge on any atom is 0.317 e. The van der Waals surface area contributed by atoms with Gasteiger partial charge in [-0.05, 0) is 19.8 Å². The zero-order valence-corrected chi connectivity index (χ0v) is 12.1. The number of aryl methyl sites for hydroxylation is 1. The van der Waals surface area contributed by atoms with E-state index in [1.165, 1.54) is 0 Å². The van der Waals surface area contributed by atoms with Gasteiger partial charge in [-0.25, -0.2) is 4.79 Å². The van der Waals surface area contributed by atoms with Crippen LogP contribution in [-0.2, 0) is 11.2 Å². The van der Waals surface area contributed by atoms with Crippen molar-refractivity contribution < 1.29 is 14.1 Å². The second-order valence-corrected chi connectivity index (χ2v) is 4.90. The van der Waals surface area contributed by atoms with Gasteiger partial charge < -0.3 is 19.5 Å². The molecular formula is C13H22N4O3. The van der Waals surface area contributed by atoms with Crippen molar-refractivity contribution in [1.29, 1.82) is 0 Å². The monoisotopic (exact) mass is 282 g/mol. The zero-order chi connectivity index (χ0) is 14.4. The summed E-state index contributed by atoms with van der Waals surface area (Å²) < 4.78 is 10.7. The first kappa shape index (κ1) is 14.8. The molecule has 7 nitrogen and oxygen atoms in total. The fraction of sp³-hybridized carbons (Fsp3) is 0.769. The van der Waals surface area contributed by atoms with Crippen LogP contribution in [0.2, 0.25) is 0 Å². The number of hydrogen-bond acceptors (Lipinski definition) is 5. The van der Waals surface area contributed by atoms with E-state index in [1.807, 2.05) is 11.8 Å². The molecule has 1 aromatic rings. The molecule has 2 heterocycles. The zero-order valence-electron chi connectivity index (χ0n) is 12.1. The minimum Gasteiger partial charge on any atom is -0.376 e. The second-order valence-electron chi connectivity index (χ2n) is 4.90. The van der Waals surface area contributed by atoms with Gasteiger partial charge in [0.1, 0.15) is 0 Å². The number of rotatable bonds is 5. The summed E-state index contributed by atoms with van der Waals surface area (Å²) in [6, 6.07) is -0.00501. The van der Waals surface area contributed by atoms with Gasteiger partial charge in [0, 0.05) is 33.0 Å². The highest BCUT2D eigenvalue weighted by molar-refractivity contribution is 5.74. The summed E-state index contributed by atoms with van der Waals surface area (Å²) in [5.74, 6) is 1.24. The van der Waals surface area contributed by atoms with E-state index in [9.17, 15) is 4.79 Å². The lowest BCUT2D eigenvalue weighted by molar-refractivity contribution is 0.0106. The molecule has 1 N–H and O–H groups in total. The van der Waals surface area contributed by atoms with Crippen molar-refractivity contribution in [2.75, 3.05) is 26.2 Å². The number of hydrogen-bond donors (Lipinski definition) is 1. The lowest BCUT2D eigenvalue weighted by Crippen LogP contribution is -2.47. The third-order valence-corrected chi connectivity index (χ3v) is 3.24. The average Bonchev–Trinajstić information content (AvgIpc) is 2.85. The van der Waals surface area contributed by atoms with Crippen molar-refractivity contribution in [3.8, 4) is 0 Å². The number of nitrogens with one attached hydrogen (secondary N) is 1. The van der Waals surface area contributed by atoms with Crippen LogP contribution in [0.5, 0.6) is 0 Å². The molecule has 112 valence electrons. The Morgan fingerprint density at radius 2 is 2.45 bits per heavy atom. The molecule has 1 atom stereocenters. The van der Waals surface area contributed by atoms with Gasteiger partial charge in [0.25, 0.3) is 0 Å². The number of carbonyl (C=O) groups excluding carboxylic acids is 1. The third-order valence-electron chi connectivity index (χ3n) is 3.24. The molecule has 2 amide bonds. The molecule has 1 unspecified atom stereocenters. The van der Waals surface area contributed by atoms with Gasteiger partial charge in [-0.2, -0.15) is 4.98 Å². The molecule has 7 heteroatoms. The molecule has 1 aliphatic heterocycles. The highest BCUT2D eigenvalue weighted by atomic mass is 16.5. The standard InChI is InChI=1S/C13H22N4O3/c1-3-14-13(18)17-7-4-5-11(9-17)19-8-6-12-15-10(2)20-16-12/h11H,3-9H2,1-2H3,(H,14,18). The molecule has 1 saturated heterocycles. The van der Waals surface area contributed by atoms with Gasteiger partial charge in [-0.15, -0.1) is 0 Å². The number of urea groups is 1. The highest BCUT2D eigenvalue weighted by Gasteiger charge is 2.23. The Morgan fingerprint density at radius 1 is 1.60 bits per heavy atom. The molecule has 1 aliphatic rings. The topological polar surface area (TPSA) is 80.5 Å². The van der Waals surface area contributed by atoms with Crippen LogP contribution in [0.1, 0.15) is 31.5 Å². The predicted molar refractivity (Wildman–Crippen MR) is 72.4 cm³/mol. The normalized spacial score (nSPS) is 19.1. The van der Waals surface area contributed by atoms with E-state index in [0.717, 1.165) is 19.4 Å². The van der Waals surface area contributed by atoms with E-state index in [2.05, 4.69) is 15.5 Å². The summed E-state index contributed by atoms with van der Waals surface area (Å²) in [6.07, 6.45) is 2.69. The van der Waals surface area contributed by atoms with Crippen LogP contribution in [0.4, 0.5) is 4.79 Å². The lowest BCUT2D eigenvalue weighted by atomic mass is 10.1. The number of nitrogens with zero attached hydrogens (tertiary/aromatic N) is 3. The predicted octanol–water partition coefficient (Wildman–Crippen LogP) is 1.13. The third kappa shape index (κ3) is 4.19. The Bertz CT molecular complexity index is 435. The Kier molecular flexibility index (Phi) is 5.34. The molecule has 2 rings (SSSR count). The van der Waals surface area contributed by atoms with Crippen LogP contribution in [0.15, 0.2) is 4.52 Å². The maximum absolute atomic E-state index is 11.8. The molecule has 20 heavy (non-hydrogen) atoms. The van der Waals surface area contributed by atoms with Crippen molar-refractivity contribution in [1.82, 2.24) is 20.4 Å². The second kappa shape index (κ2) is 7.23. The van der Waals surface area contributed by atoms with Crippen LogP contribution in [0.3, 0.4) is 0 Å². The molecule has 0 aliphatic carbocycles. The molecular weight excluding hydrogens is 260 g/mol. The Hall–Kier alpha value is -1.63. The number of likely N-dealkylation sites (tertiary alicyclic amines) is 1. The van der Waals surface area contributed by atoms with Crippen molar-refractivity contribution in [2.45, 2.75) is 39.2 Å². The summed E-state index contributed by atoms with van der Waals surface area (Å²) in [5, 5.41) is 6.64. The largest absolute Gasteiger partial charge is 0.376 e. The van der Waals surface area contributed by atoms with Gasteiger partial charge in [0.15, 0.2) is 5.82 Å². The van der Waals surface area contributed by atoms with Crippen molar-refractivity contribution in [3.63, 3.8) is 0 Å². The van der Waals surface area contributed by atoms with Crippen LogP contribution in [0, 0.1) is 6.92 Å². The quantitative estimate of drug-likeness (QED) is 0.875. The fourth-order valence-corrected chi connectivity index (χ4v) is 2.28. The van der Waals surface area contributed by atoms with E-state index < -0.39 is 0 Å². The Morgan fingerprint density at radius 3 is 3.15 bits per heavy atom. The van der Waals surface area contributed by atoms with Crippen LogP contribution >= 0.6 is 0 Å². The van der Waals surface area contributed by atoms with Crippen molar-refractivity contribution in [2.24, 2.45) is 0 Å². The minimum atomic E-state index is -0.00501. The molecule has 0 saturated carbocycles. The molecule has 1 fully saturated rings. The molecule has 0 aromatic carbocycles. The van der Waals surface area contributed by atoms with E-state index >= 15 is 0 Å². The number of aromatic nitrogens is 2. The average molecular weight is 282 g/mol. The van der Waals surface area contributed by atoms with E-state index in [4.69, 9.17) is 9.26 Å². The van der Waals surface area contributed by atoms with Gasteiger partial charge in [-0.3, -0.25) is 0 Å². The SMILES string of the molecule is CCNC(=O)N1CCCC(OCCc2noc(C)n2)C1. The summed E-state index contributed by atoms with van der Waals surface area (Å²) >= 11 is 0. The smallest absolute Gasteiger partial charge is 0.317 e. The number of amides is 2. The van der Waals surface area contributed by atoms with Gasteiger partial charge in [-0.1, -0.05) is 5.16 Å². The molecule has 0 radical (unpaired) electrons. The Labute approximate surface area is 118 Å². The van der Waals surface area contributed by atoms with Gasteiger partial charge in [0.05, 0.1) is 12.7 Å². The van der Waals surface area contributed by atoms with E-state index in [0.29, 0.717) is 37.8 Å². The number of piperidine rings is 1. The van der Waals surface area contributed by atoms with Crippen LogP contribution in [-0.4, -0.2) is 53.4 Å². The van der Waals surface area contributed by atoms with E-state index in [1.54, 1.807) is 6.92 Å². The van der Waals surface area contributed by atoms with Gasteiger partial charge in [0.2, 0.25) is 5.89 Å². The first-order chi connectivity index (χ1) is 9.69. The summed E-state index contributed by atoms with van der Waals surface area (Å²) in [6.45, 7) is 6.34. The van der Waals surface area contributed by atoms with Gasteiger partial charge >= 0.3 is 6.03 Å². The van der Waals surface area contributed by atoms with Crippen molar-refractivity contribution >= 4 is 6.03 Å². The van der Waals surface area contributed by atoms with E-state index in [-0.39, 0.29) is 12.1 Å². The summed E-state index contributed by atoms with van der Waals surface area (Å²) in [4.78, 5) is 17.7. The minimum absolute atomic E-state index is 0.00501. The fourth-order valence-electron chi connectivity index (χ4n) is 2.28. The first-order valence-corrected chi connectivity index (χ1v) is 7.12. The maximum atomic E-state index is 11.8. The number of ether oxygens (including phenoxy) is 1. The molecule has 1 aromatic heterocycles. The highest BCUT2D eigenvalue weighted by Crippen LogP contribution is 2.13. The summed E-state index contributed by atoms with van der Waals surface area (Å²) in [5.41, 5.74) is 0. The Balaban J connectivity index is 1.71. The molecule has 0 bridgehead atoms. The van der Waals surface area contributed by atoms with Crippen LogP contribution < -0.4 is 5.32 Å². The van der Waals surface area contributed by atoms with Crippen molar-refractivity contribution in [3.05, 3.63) is 11.7 Å². The number of carbonyl (C=O) groups is 1. The van der Waals surface area contributed by atoms with Crippen LogP contribution in [0.25, 0.3) is 0 Å². The first-order valence-electron chi connectivity index (χ1n) is 7.12. The summed E-state index contributed by atoms with van der Waals surface area (Å²) in [7, 11) is 0. The molecule has 0 spiro atoms.